The van der Waals surface area contributed by atoms with Crippen LogP contribution in [0.2, 0.25) is 0 Å². The molecule has 0 saturated carbocycles. The van der Waals surface area contributed by atoms with Crippen LogP contribution in [0.25, 0.3) is 99.1 Å². The van der Waals surface area contributed by atoms with E-state index < -0.39 is 0 Å². The summed E-state index contributed by atoms with van der Waals surface area (Å²) in [6.45, 7) is 9.48. The molecule has 0 heterocycles. The summed E-state index contributed by atoms with van der Waals surface area (Å²) < 4.78 is 0. The third-order valence-electron chi connectivity index (χ3n) is 14.0. The van der Waals surface area contributed by atoms with E-state index in [4.69, 9.17) is 0 Å². The molecule has 2 aliphatic rings. The standard InChI is InChI=1S/C60H44/c1-59(2)54-21-13-11-17-46(54)51-35-44(28-31-55(51)59)58-49-19-9-8-18-48(49)57(43-25-24-39-32-38(22-23-40(39)33-43)37-14-6-5-7-15-37)50-30-27-41(34-52(50)58)42-26-29-47-45-16-10-12-20-53(45)60(3,4)56(47)36-42/h5-36H,1-4H3. The Morgan fingerprint density at radius 2 is 0.700 bits per heavy atom. The monoisotopic (exact) mass is 764 g/mol. The molecule has 0 aromatic heterocycles. The predicted octanol–water partition coefficient (Wildman–Crippen LogP) is 16.4. The average molecular weight is 765 g/mol. The largest absolute Gasteiger partial charge is 0.0622 e. The zero-order valence-electron chi connectivity index (χ0n) is 34.5. The molecule has 60 heavy (non-hydrogen) atoms. The molecular weight excluding hydrogens is 721 g/mol. The van der Waals surface area contributed by atoms with E-state index in [0.717, 1.165) is 0 Å². The van der Waals surface area contributed by atoms with Gasteiger partial charge in [-0.05, 0) is 152 Å². The van der Waals surface area contributed by atoms with Crippen molar-refractivity contribution in [2.75, 3.05) is 0 Å². The minimum atomic E-state index is -0.0697. The van der Waals surface area contributed by atoms with Crippen LogP contribution in [0.1, 0.15) is 49.9 Å². The normalized spacial score (nSPS) is 14.3. The van der Waals surface area contributed by atoms with Crippen molar-refractivity contribution in [1.29, 1.82) is 0 Å². The molecule has 0 spiro atoms. The van der Waals surface area contributed by atoms with Crippen LogP contribution in [0.5, 0.6) is 0 Å². The molecule has 0 radical (unpaired) electrons. The van der Waals surface area contributed by atoms with Crippen LogP contribution < -0.4 is 0 Å². The highest BCUT2D eigenvalue weighted by molar-refractivity contribution is 6.22. The van der Waals surface area contributed by atoms with E-state index in [1.54, 1.807) is 0 Å². The van der Waals surface area contributed by atoms with Crippen LogP contribution >= 0.6 is 0 Å². The Hall–Kier alpha value is -7.02. The molecule has 0 N–H and O–H groups in total. The molecule has 0 heteroatoms. The summed E-state index contributed by atoms with van der Waals surface area (Å²) in [5, 5.41) is 7.57. The van der Waals surface area contributed by atoms with Crippen LogP contribution in [-0.2, 0) is 10.8 Å². The highest BCUT2D eigenvalue weighted by Crippen LogP contribution is 2.53. The summed E-state index contributed by atoms with van der Waals surface area (Å²) in [6.07, 6.45) is 0. The Bertz CT molecular complexity index is 3410. The van der Waals surface area contributed by atoms with Gasteiger partial charge in [0, 0.05) is 10.8 Å². The molecule has 284 valence electrons. The van der Waals surface area contributed by atoms with Crippen LogP contribution in [0.15, 0.2) is 194 Å². The number of hydrogen-bond acceptors (Lipinski definition) is 0. The van der Waals surface area contributed by atoms with Crippen molar-refractivity contribution in [3.8, 4) is 66.8 Å². The van der Waals surface area contributed by atoms with Crippen molar-refractivity contribution in [3.63, 3.8) is 0 Å². The molecule has 12 rings (SSSR count). The summed E-state index contributed by atoms with van der Waals surface area (Å²) in [5.74, 6) is 0. The first-order valence-electron chi connectivity index (χ1n) is 21.3. The quantitative estimate of drug-likeness (QED) is 0.157. The Kier molecular flexibility index (Phi) is 7.42. The fraction of sp³-hybridized carbons (Fsp3) is 0.100. The third kappa shape index (κ3) is 5.04. The van der Waals surface area contributed by atoms with Gasteiger partial charge in [0.2, 0.25) is 0 Å². The Balaban J connectivity index is 1.11. The number of rotatable bonds is 4. The number of hydrogen-bond donors (Lipinski definition) is 0. The molecular formula is C60H44. The smallest absolute Gasteiger partial charge is 0.0159 e. The van der Waals surface area contributed by atoms with Crippen LogP contribution in [0.4, 0.5) is 0 Å². The van der Waals surface area contributed by atoms with Crippen molar-refractivity contribution >= 4 is 32.3 Å². The Labute approximate surface area is 352 Å². The lowest BCUT2D eigenvalue weighted by Gasteiger charge is -2.23. The fourth-order valence-electron chi connectivity index (χ4n) is 11.0. The fourth-order valence-corrected chi connectivity index (χ4v) is 11.0. The minimum absolute atomic E-state index is 0.0510. The van der Waals surface area contributed by atoms with Crippen LogP contribution in [0, 0.1) is 0 Å². The van der Waals surface area contributed by atoms with E-state index in [0.29, 0.717) is 0 Å². The van der Waals surface area contributed by atoms with Gasteiger partial charge in [0.25, 0.3) is 0 Å². The Morgan fingerprint density at radius 3 is 1.43 bits per heavy atom. The summed E-state index contributed by atoms with van der Waals surface area (Å²) >= 11 is 0. The van der Waals surface area contributed by atoms with Gasteiger partial charge in [-0.25, -0.2) is 0 Å². The molecule has 10 aromatic carbocycles. The molecule has 0 atom stereocenters. The van der Waals surface area contributed by atoms with Gasteiger partial charge in [-0.15, -0.1) is 0 Å². The van der Waals surface area contributed by atoms with E-state index >= 15 is 0 Å². The maximum absolute atomic E-state index is 2.48. The van der Waals surface area contributed by atoms with Crippen molar-refractivity contribution in [2.45, 2.75) is 38.5 Å². The maximum atomic E-state index is 2.48. The van der Waals surface area contributed by atoms with Gasteiger partial charge in [-0.3, -0.25) is 0 Å². The second-order valence-electron chi connectivity index (χ2n) is 18.1. The summed E-state index contributed by atoms with van der Waals surface area (Å²) in [4.78, 5) is 0. The minimum Gasteiger partial charge on any atom is -0.0622 e. The van der Waals surface area contributed by atoms with Crippen molar-refractivity contribution in [3.05, 3.63) is 216 Å². The van der Waals surface area contributed by atoms with Gasteiger partial charge in [0.15, 0.2) is 0 Å². The third-order valence-corrected chi connectivity index (χ3v) is 14.0. The first-order valence-corrected chi connectivity index (χ1v) is 21.3. The second kappa shape index (κ2) is 12.7. The van der Waals surface area contributed by atoms with Crippen LogP contribution in [0.3, 0.4) is 0 Å². The molecule has 10 aromatic rings. The highest BCUT2D eigenvalue weighted by atomic mass is 14.4. The molecule has 0 nitrogen and oxygen atoms in total. The predicted molar refractivity (Wildman–Crippen MR) is 256 cm³/mol. The second-order valence-corrected chi connectivity index (χ2v) is 18.1. The highest BCUT2D eigenvalue weighted by Gasteiger charge is 2.36. The molecule has 2 aliphatic carbocycles. The van der Waals surface area contributed by atoms with E-state index in [2.05, 4.69) is 222 Å². The molecule has 0 unspecified atom stereocenters. The number of benzene rings is 10. The lowest BCUT2D eigenvalue weighted by atomic mass is 9.80. The summed E-state index contributed by atoms with van der Waals surface area (Å²) in [5.41, 5.74) is 20.9. The van der Waals surface area contributed by atoms with E-state index in [1.807, 2.05) is 0 Å². The molecule has 0 saturated heterocycles. The lowest BCUT2D eigenvalue weighted by molar-refractivity contribution is 0.660. The van der Waals surface area contributed by atoms with Gasteiger partial charge in [-0.2, -0.15) is 0 Å². The van der Waals surface area contributed by atoms with Crippen molar-refractivity contribution in [1.82, 2.24) is 0 Å². The van der Waals surface area contributed by atoms with Gasteiger partial charge in [0.1, 0.15) is 0 Å². The van der Waals surface area contributed by atoms with Crippen molar-refractivity contribution < 1.29 is 0 Å². The maximum Gasteiger partial charge on any atom is 0.0159 e. The lowest BCUT2D eigenvalue weighted by Crippen LogP contribution is -2.14. The first kappa shape index (κ1) is 35.0. The summed E-state index contributed by atoms with van der Waals surface area (Å²) in [7, 11) is 0. The topological polar surface area (TPSA) is 0 Å². The van der Waals surface area contributed by atoms with E-state index in [1.165, 1.54) is 121 Å². The van der Waals surface area contributed by atoms with Crippen LogP contribution in [-0.4, -0.2) is 0 Å². The van der Waals surface area contributed by atoms with Gasteiger partial charge >= 0.3 is 0 Å². The number of fused-ring (bicyclic) bond motifs is 9. The van der Waals surface area contributed by atoms with Gasteiger partial charge in [-0.1, -0.05) is 191 Å². The molecule has 0 aliphatic heterocycles. The van der Waals surface area contributed by atoms with Gasteiger partial charge in [0.05, 0.1) is 0 Å². The van der Waals surface area contributed by atoms with Crippen molar-refractivity contribution in [2.24, 2.45) is 0 Å². The molecule has 0 bridgehead atoms. The van der Waals surface area contributed by atoms with E-state index in [9.17, 15) is 0 Å². The summed E-state index contributed by atoms with van der Waals surface area (Å²) in [6, 6.07) is 73.2. The van der Waals surface area contributed by atoms with E-state index in [-0.39, 0.29) is 10.8 Å². The molecule has 0 fully saturated rings. The van der Waals surface area contributed by atoms with Gasteiger partial charge < -0.3 is 0 Å². The first-order chi connectivity index (χ1) is 29.3. The average Bonchev–Trinajstić information content (AvgIpc) is 3.66. The molecule has 0 amide bonds. The Morgan fingerprint density at radius 1 is 0.250 bits per heavy atom. The SMILES string of the molecule is CC1(C)c2ccccc2-c2cc(-c3c4ccccc4c(-c4ccc5cc(-c6ccccc6)ccc5c4)c4ccc(-c5ccc6c(c5)C(C)(C)c5ccccc5-6)cc34)ccc21. The zero-order valence-corrected chi connectivity index (χ0v) is 34.5. The zero-order chi connectivity index (χ0) is 40.3.